The molecule has 1 rings (SSSR count). The summed E-state index contributed by atoms with van der Waals surface area (Å²) in [5.74, 6) is 0. The van der Waals surface area contributed by atoms with Gasteiger partial charge in [0.2, 0.25) is 0 Å². The molecule has 0 N–H and O–H groups in total. The Morgan fingerprint density at radius 1 is 1.00 bits per heavy atom. The normalized spacial score (nSPS) is 12.1. The Hall–Kier alpha value is 1.25. The van der Waals surface area contributed by atoms with Gasteiger partial charge in [-0.1, -0.05) is 82.9 Å². The van der Waals surface area contributed by atoms with Crippen molar-refractivity contribution in [3.05, 3.63) is 35.0 Å². The number of hydrogen-bond acceptors (Lipinski definition) is 0. The first-order valence-corrected chi connectivity index (χ1v) is 11.8. The smallest absolute Gasteiger partial charge is 0.663 e. The van der Waals surface area contributed by atoms with Gasteiger partial charge in [-0.2, -0.15) is 0 Å². The largest absolute Gasteiger partial charge is 1.00 e. The molecule has 0 bridgehead atoms. The van der Waals surface area contributed by atoms with E-state index < -0.39 is 16.5 Å². The first-order valence-electron chi connectivity index (χ1n) is 5.67. The Bertz CT molecular complexity index is 312. The van der Waals surface area contributed by atoms with Crippen LogP contribution in [-0.4, -0.2) is 16.5 Å². The fourth-order valence-electron chi connectivity index (χ4n) is 1.75. The molecule has 0 aromatic heterocycles. The summed E-state index contributed by atoms with van der Waals surface area (Å²) in [4.78, 5) is 0. The Balaban J connectivity index is 0.00000225. The van der Waals surface area contributed by atoms with Crippen LogP contribution < -0.4 is 56.6 Å². The molecule has 0 atom stereocenters. The zero-order valence-corrected chi connectivity index (χ0v) is 16.7. The van der Waals surface area contributed by atoms with Crippen molar-refractivity contribution in [1.82, 2.24) is 0 Å². The van der Waals surface area contributed by atoms with Gasteiger partial charge in [0.1, 0.15) is 0 Å². The van der Waals surface area contributed by atoms with Gasteiger partial charge in [-0.25, -0.2) is 0 Å². The quantitative estimate of drug-likeness (QED) is 0.719. The SMILES string of the molecule is CC[Si](C)(C)[N-][Si](C)(C)c1ccccc1.[K+]. The minimum Gasteiger partial charge on any atom is -0.663 e. The van der Waals surface area contributed by atoms with E-state index in [-0.39, 0.29) is 51.4 Å². The average molecular weight is 276 g/mol. The Morgan fingerprint density at radius 3 is 1.94 bits per heavy atom. The molecule has 0 aliphatic rings. The number of rotatable bonds is 4. The van der Waals surface area contributed by atoms with Gasteiger partial charge in [0.25, 0.3) is 0 Å². The van der Waals surface area contributed by atoms with Crippen molar-refractivity contribution in [3.63, 3.8) is 0 Å². The molecule has 1 aromatic rings. The molecule has 0 fully saturated rings. The summed E-state index contributed by atoms with van der Waals surface area (Å²) < 4.78 is 5.21. The molecule has 84 valence electrons. The maximum Gasteiger partial charge on any atom is 1.00 e. The molecular weight excluding hydrogens is 253 g/mol. The third-order valence-electron chi connectivity index (χ3n) is 2.93. The van der Waals surface area contributed by atoms with Crippen LogP contribution in [0, 0.1) is 0 Å². The summed E-state index contributed by atoms with van der Waals surface area (Å²) in [7, 11) is -2.86. The number of nitrogens with zero attached hydrogens (tertiary/aromatic N) is 1. The van der Waals surface area contributed by atoms with E-state index in [4.69, 9.17) is 4.65 Å². The molecule has 0 aliphatic heterocycles. The second-order valence-corrected chi connectivity index (χ2v) is 14.1. The third-order valence-corrected chi connectivity index (χ3v) is 11.1. The van der Waals surface area contributed by atoms with E-state index in [0.29, 0.717) is 0 Å². The molecule has 0 unspecified atom stereocenters. The Morgan fingerprint density at radius 2 is 1.50 bits per heavy atom. The van der Waals surface area contributed by atoms with Gasteiger partial charge in [-0.05, 0) is 8.24 Å². The summed E-state index contributed by atoms with van der Waals surface area (Å²) >= 11 is 0. The van der Waals surface area contributed by atoms with E-state index in [0.717, 1.165) is 0 Å². The molecule has 0 heterocycles. The van der Waals surface area contributed by atoms with Crippen molar-refractivity contribution in [1.29, 1.82) is 0 Å². The molecule has 0 spiro atoms. The second-order valence-electron chi connectivity index (χ2n) is 5.20. The fourth-order valence-corrected chi connectivity index (χ4v) is 9.96. The minimum atomic E-state index is -1.55. The van der Waals surface area contributed by atoms with E-state index in [2.05, 4.69) is 63.4 Å². The molecular formula is C12H22KNSi2. The van der Waals surface area contributed by atoms with Crippen molar-refractivity contribution in [2.45, 2.75) is 39.2 Å². The maximum atomic E-state index is 5.21. The van der Waals surface area contributed by atoms with E-state index in [1.165, 1.54) is 11.2 Å². The van der Waals surface area contributed by atoms with Gasteiger partial charge in [-0.15, -0.1) is 0 Å². The standard InChI is InChI=1S/C12H22NSi2.K/c1-6-14(2,3)13-15(4,5)12-10-8-7-9-11-12;/h7-11H,6H2,1-5H3;/q-1;+1. The van der Waals surface area contributed by atoms with Crippen LogP contribution in [0.25, 0.3) is 4.65 Å². The van der Waals surface area contributed by atoms with Crippen LogP contribution in [0.2, 0.25) is 32.2 Å². The zero-order chi connectivity index (χ0) is 11.5. The van der Waals surface area contributed by atoms with Crippen molar-refractivity contribution < 1.29 is 51.4 Å². The Labute approximate surface area is 145 Å². The van der Waals surface area contributed by atoms with E-state index >= 15 is 0 Å². The summed E-state index contributed by atoms with van der Waals surface area (Å²) in [6.07, 6.45) is 0. The van der Waals surface area contributed by atoms with Gasteiger partial charge >= 0.3 is 51.4 Å². The summed E-state index contributed by atoms with van der Waals surface area (Å²) in [5.41, 5.74) is 0. The zero-order valence-electron chi connectivity index (χ0n) is 11.5. The van der Waals surface area contributed by atoms with Crippen molar-refractivity contribution >= 4 is 21.7 Å². The van der Waals surface area contributed by atoms with E-state index in [9.17, 15) is 0 Å². The van der Waals surface area contributed by atoms with Crippen LogP contribution in [0.4, 0.5) is 0 Å². The van der Waals surface area contributed by atoms with Gasteiger partial charge in [0.15, 0.2) is 0 Å². The van der Waals surface area contributed by atoms with Crippen molar-refractivity contribution in [2.75, 3.05) is 0 Å². The molecule has 1 aromatic carbocycles. The predicted octanol–water partition coefficient (Wildman–Crippen LogP) is 0.701. The molecule has 0 aliphatic carbocycles. The monoisotopic (exact) mass is 275 g/mol. The second kappa shape index (κ2) is 6.99. The molecule has 1 nitrogen and oxygen atoms in total. The minimum absolute atomic E-state index is 0. The average Bonchev–Trinajstić information content (AvgIpc) is 2.18. The molecule has 0 saturated carbocycles. The van der Waals surface area contributed by atoms with Gasteiger partial charge in [-0.3, -0.25) is 0 Å². The van der Waals surface area contributed by atoms with Gasteiger partial charge in [0, 0.05) is 0 Å². The van der Waals surface area contributed by atoms with Crippen molar-refractivity contribution in [3.8, 4) is 0 Å². The summed E-state index contributed by atoms with van der Waals surface area (Å²) in [5, 5.41) is 1.46. The molecule has 16 heavy (non-hydrogen) atoms. The molecule has 0 saturated heterocycles. The van der Waals surface area contributed by atoms with Crippen LogP contribution >= 0.6 is 0 Å². The first kappa shape index (κ1) is 17.3. The van der Waals surface area contributed by atoms with Crippen LogP contribution in [0.1, 0.15) is 6.92 Å². The van der Waals surface area contributed by atoms with E-state index in [1.807, 2.05) is 0 Å². The van der Waals surface area contributed by atoms with Gasteiger partial charge in [0.05, 0.1) is 0 Å². The maximum absolute atomic E-state index is 5.21. The third kappa shape index (κ3) is 5.27. The van der Waals surface area contributed by atoms with Crippen LogP contribution in [0.5, 0.6) is 0 Å². The molecule has 0 amide bonds. The molecule has 4 heteroatoms. The Kier molecular flexibility index (Phi) is 7.54. The predicted molar refractivity (Wildman–Crippen MR) is 74.9 cm³/mol. The fraction of sp³-hybridized carbons (Fsp3) is 0.500. The van der Waals surface area contributed by atoms with E-state index in [1.54, 1.807) is 0 Å². The van der Waals surface area contributed by atoms with Gasteiger partial charge < -0.3 is 4.65 Å². The summed E-state index contributed by atoms with van der Waals surface area (Å²) in [6.45, 7) is 11.7. The van der Waals surface area contributed by atoms with Crippen molar-refractivity contribution in [2.24, 2.45) is 0 Å². The first-order chi connectivity index (χ1) is 6.87. The number of hydrogen-bond donors (Lipinski definition) is 0. The summed E-state index contributed by atoms with van der Waals surface area (Å²) in [6, 6.07) is 12.0. The topological polar surface area (TPSA) is 14.1 Å². The van der Waals surface area contributed by atoms with Crippen LogP contribution in [0.3, 0.4) is 0 Å². The number of benzene rings is 1. The van der Waals surface area contributed by atoms with Crippen LogP contribution in [0.15, 0.2) is 30.3 Å². The molecule has 0 radical (unpaired) electrons. The van der Waals surface area contributed by atoms with Crippen LogP contribution in [-0.2, 0) is 0 Å².